The highest BCUT2D eigenvalue weighted by molar-refractivity contribution is 14.1. The van der Waals surface area contributed by atoms with Crippen molar-refractivity contribution in [3.63, 3.8) is 0 Å². The van der Waals surface area contributed by atoms with Gasteiger partial charge in [-0.15, -0.1) is 0 Å². The minimum absolute atomic E-state index is 0.710. The zero-order chi connectivity index (χ0) is 25.7. The van der Waals surface area contributed by atoms with Crippen LogP contribution >= 0.6 is 22.4 Å². The van der Waals surface area contributed by atoms with Crippen LogP contribution in [0.5, 0.6) is 0 Å². The smallest absolute Gasteiger partial charge is 0.120 e. The quantitative estimate of drug-likeness (QED) is 0.166. The van der Waals surface area contributed by atoms with Crippen LogP contribution in [-0.2, 0) is 0 Å². The van der Waals surface area contributed by atoms with E-state index in [1.807, 2.05) is 0 Å². The van der Waals surface area contributed by atoms with E-state index in [0.29, 0.717) is 4.35 Å². The predicted octanol–water partition coefficient (Wildman–Crippen LogP) is -19.5. The number of halogens is 1. The lowest BCUT2D eigenvalue weighted by Gasteiger charge is -2.46. The van der Waals surface area contributed by atoms with Crippen molar-refractivity contribution >= 4 is 240 Å². The molecule has 0 atom stereocenters. The summed E-state index contributed by atoms with van der Waals surface area (Å²) in [6.45, 7) is 0. The van der Waals surface area contributed by atoms with Gasteiger partial charge in [-0.1, -0.05) is 0 Å². The Bertz CT molecular complexity index is 369. The van der Waals surface area contributed by atoms with Gasteiger partial charge in [0.15, 0.2) is 0 Å². The first-order chi connectivity index (χ1) is 14.5. The SMILES string of the molecule is BB(B)B(B(B)B)B(B(I)B(B(B(B)B)B(B)B)B(B(B)B)B(B)B)B(B(B)B)B(B)B. The van der Waals surface area contributed by atoms with Crippen LogP contribution in [0.3, 0.4) is 0 Å². The molecule has 32 heteroatoms. The van der Waals surface area contributed by atoms with Gasteiger partial charge in [0.05, 0.1) is 124 Å². The van der Waals surface area contributed by atoms with Crippen LogP contribution in [0.4, 0.5) is 0 Å². The van der Waals surface area contributed by atoms with Gasteiger partial charge in [0.2, 0.25) is 0 Å². The largest absolute Gasteiger partial charge is 0.173 e. The minimum atomic E-state index is 0.710. The molecule has 0 nitrogen and oxygen atoms in total. The molecule has 32 heavy (non-hydrogen) atoms. The van der Waals surface area contributed by atoms with Crippen molar-refractivity contribution in [2.24, 2.45) is 0 Å². The van der Waals surface area contributed by atoms with Crippen LogP contribution in [0.2, 0.25) is 0 Å². The van der Waals surface area contributed by atoms with E-state index in [4.69, 9.17) is 0 Å². The third-order valence-electron chi connectivity index (χ3n) is 8.67. The van der Waals surface area contributed by atoms with Gasteiger partial charge in [0.1, 0.15) is 4.35 Å². The Hall–Kier alpha value is 2.74. The predicted molar refractivity (Wildman–Crippen MR) is 237 cm³/mol. The van der Waals surface area contributed by atoms with Crippen molar-refractivity contribution in [3.05, 3.63) is 0 Å². The first-order valence-electron chi connectivity index (χ1n) is 14.1. The molecule has 0 amide bonds. The summed E-state index contributed by atoms with van der Waals surface area (Å²) in [4.78, 5) is 0. The van der Waals surface area contributed by atoms with Gasteiger partial charge in [0.25, 0.3) is 0 Å². The van der Waals surface area contributed by atoms with Gasteiger partial charge in [-0.25, -0.2) is 0 Å². The van der Waals surface area contributed by atoms with Crippen LogP contribution in [0, 0.1) is 0 Å². The van der Waals surface area contributed by atoms with Crippen molar-refractivity contribution in [2.75, 3.05) is 0 Å². The zero-order valence-electron chi connectivity index (χ0n) is 25.0. The minimum Gasteiger partial charge on any atom is -0.173 e. The highest BCUT2D eigenvalue weighted by Gasteiger charge is 2.54. The summed E-state index contributed by atoms with van der Waals surface area (Å²) in [5.41, 5.74) is 0. The Kier molecular flexibility index (Phi) is 17.2. The monoisotopic (exact) mass is 500 g/mol. The Morgan fingerprint density at radius 2 is 0.375 bits per heavy atom. The fraction of sp³-hybridized carbons (Fsp3) is 0. The van der Waals surface area contributed by atoms with Gasteiger partial charge < -0.3 is 0 Å². The van der Waals surface area contributed by atoms with E-state index in [0.717, 1.165) is 89.4 Å². The lowest BCUT2D eigenvalue weighted by Crippen LogP contribution is -2.85. The average Bonchev–Trinajstić information content (AvgIpc) is 2.57. The number of rotatable bonds is 14. The zero-order valence-corrected chi connectivity index (χ0v) is 27.2. The van der Waals surface area contributed by atoms with Crippen LogP contribution in [0.1, 0.15) is 0 Å². The summed E-state index contributed by atoms with van der Waals surface area (Å²) in [6, 6.07) is 0. The fourth-order valence-corrected chi connectivity index (χ4v) is 10.2. The van der Waals surface area contributed by atoms with Crippen molar-refractivity contribution in [1.29, 1.82) is 0 Å². The van der Waals surface area contributed by atoms with E-state index in [1.165, 1.54) is 0 Å². The molecule has 0 aliphatic rings. The fourth-order valence-electron chi connectivity index (χ4n) is 8.25. The summed E-state index contributed by atoms with van der Waals surface area (Å²) in [5, 5.41) is 0. The molecule has 0 saturated carbocycles. The molecule has 0 radical (unpaired) electrons. The van der Waals surface area contributed by atoms with Gasteiger partial charge in [-0.3, -0.25) is 0 Å². The standard InChI is InChI=1S/B31H32I/c1-17(2)25(18(3)4)29(26(19(5)6)20(7)8)31(32)30(27(21(9)10)22(11)12)28(23(13)14)24(15)16/h1-16H2. The van der Waals surface area contributed by atoms with E-state index in [-0.39, 0.29) is 0 Å². The van der Waals surface area contributed by atoms with Crippen molar-refractivity contribution in [2.45, 2.75) is 0 Å². The maximum Gasteiger partial charge on any atom is 0.120 e. The number of hydrogen-bond acceptors (Lipinski definition) is 0. The van der Waals surface area contributed by atoms with Crippen LogP contribution in [0.25, 0.3) is 0 Å². The summed E-state index contributed by atoms with van der Waals surface area (Å²) >= 11 is 2.99. The topological polar surface area (TPSA) is 0 Å². The maximum absolute atomic E-state index is 2.99. The molecule has 0 aromatic heterocycles. The molecule has 0 unspecified atom stereocenters. The molecular weight excluding hydrogens is 462 g/mol. The van der Waals surface area contributed by atoms with E-state index in [2.05, 4.69) is 146 Å². The van der Waals surface area contributed by atoms with Crippen molar-refractivity contribution in [3.8, 4) is 0 Å². The first kappa shape index (κ1) is 34.7. The molecule has 0 N–H and O–H groups in total. The van der Waals surface area contributed by atoms with Crippen molar-refractivity contribution in [1.82, 2.24) is 0 Å². The van der Waals surface area contributed by atoms with E-state index >= 15 is 0 Å². The van der Waals surface area contributed by atoms with Gasteiger partial charge >= 0.3 is 0 Å². The average molecular weight is 494 g/mol. The van der Waals surface area contributed by atoms with Crippen molar-refractivity contribution < 1.29 is 0 Å². The highest BCUT2D eigenvalue weighted by Crippen LogP contribution is 2.18. The molecular formula is H32B31I. The summed E-state index contributed by atoms with van der Waals surface area (Å²) < 4.78 is 0.710. The second kappa shape index (κ2) is 15.9. The molecule has 0 aliphatic carbocycles. The summed E-state index contributed by atoms with van der Waals surface area (Å²) in [5.74, 6) is 0. The lowest BCUT2D eigenvalue weighted by atomic mass is 8.36. The molecule has 0 aromatic carbocycles. The third-order valence-corrected chi connectivity index (χ3v) is 10.3. The van der Waals surface area contributed by atoms with E-state index in [9.17, 15) is 0 Å². The Morgan fingerprint density at radius 1 is 0.250 bits per heavy atom. The second-order valence-electron chi connectivity index (χ2n) is 13.9. The Morgan fingerprint density at radius 3 is 0.469 bits per heavy atom. The molecule has 0 rings (SSSR count). The summed E-state index contributed by atoms with van der Waals surface area (Å²) in [6.07, 6.45) is 10.4. The maximum atomic E-state index is 2.99. The molecule has 0 spiro atoms. The Labute approximate surface area is 238 Å². The summed E-state index contributed by atoms with van der Waals surface area (Å²) in [7, 11) is 40.0. The Balaban J connectivity index is 7.03. The molecule has 0 heterocycles. The number of hydrogen-bond donors (Lipinski definition) is 0. The molecule has 0 fully saturated rings. The van der Waals surface area contributed by atoms with Gasteiger partial charge in [0, 0.05) is 89.4 Å². The normalized spacial score (nSPS) is 9.53. The highest BCUT2D eigenvalue weighted by atomic mass is 127. The van der Waals surface area contributed by atoms with E-state index in [1.54, 1.807) is 0 Å². The van der Waals surface area contributed by atoms with Crippen LogP contribution in [0.15, 0.2) is 0 Å². The molecule has 0 bridgehead atoms. The first-order valence-corrected chi connectivity index (χ1v) is 15.4. The van der Waals surface area contributed by atoms with E-state index < -0.39 is 0 Å². The molecule has 0 saturated heterocycles. The molecule has 0 aromatic rings. The molecule has 132 valence electrons. The lowest BCUT2D eigenvalue weighted by molar-refractivity contribution is 3.30. The van der Waals surface area contributed by atoms with Crippen LogP contribution < -0.4 is 0 Å². The second-order valence-corrected chi connectivity index (χ2v) is 15.3. The third kappa shape index (κ3) is 9.56. The van der Waals surface area contributed by atoms with Gasteiger partial charge in [-0.05, 0) is 0 Å². The molecule has 0 aliphatic heterocycles. The van der Waals surface area contributed by atoms with Gasteiger partial charge in [-0.2, -0.15) is 22.4 Å². The van der Waals surface area contributed by atoms with Crippen LogP contribution in [-0.4, -0.2) is 218 Å².